The lowest BCUT2D eigenvalue weighted by Gasteiger charge is -2.13. The molecule has 0 aliphatic carbocycles. The summed E-state index contributed by atoms with van der Waals surface area (Å²) < 4.78 is 23.1. The van der Waals surface area contributed by atoms with E-state index in [1.165, 1.54) is 19.2 Å². The molecular formula is C30H24O7. The van der Waals surface area contributed by atoms with Gasteiger partial charge < -0.3 is 28.8 Å². The lowest BCUT2D eigenvalue weighted by molar-refractivity contribution is 0.284. The van der Waals surface area contributed by atoms with Crippen LogP contribution in [-0.2, 0) is 13.2 Å². The number of aromatic hydroxyl groups is 2. The molecule has 2 N–H and O–H groups in total. The average Bonchev–Trinajstić information content (AvgIpc) is 2.93. The van der Waals surface area contributed by atoms with Crippen molar-refractivity contribution in [3.63, 3.8) is 0 Å². The minimum atomic E-state index is -0.758. The summed E-state index contributed by atoms with van der Waals surface area (Å²) in [5.74, 6) is 0.172. The van der Waals surface area contributed by atoms with Crippen molar-refractivity contribution in [2.45, 2.75) is 13.2 Å². The van der Waals surface area contributed by atoms with Crippen molar-refractivity contribution in [2.24, 2.45) is 0 Å². The van der Waals surface area contributed by atoms with Crippen molar-refractivity contribution in [3.8, 4) is 40.1 Å². The van der Waals surface area contributed by atoms with Crippen LogP contribution in [0.3, 0.4) is 0 Å². The fraction of sp³-hybridized carbons (Fsp3) is 0.100. The fourth-order valence-electron chi connectivity index (χ4n) is 3.95. The van der Waals surface area contributed by atoms with Crippen LogP contribution in [0, 0.1) is 0 Å². The topological polar surface area (TPSA) is 98.4 Å². The zero-order valence-electron chi connectivity index (χ0n) is 20.0. The molecule has 0 saturated carbocycles. The lowest BCUT2D eigenvalue weighted by Crippen LogP contribution is -2.04. The molecule has 0 bridgehead atoms. The van der Waals surface area contributed by atoms with Crippen LogP contribution >= 0.6 is 0 Å². The Labute approximate surface area is 212 Å². The molecule has 0 spiro atoms. The highest BCUT2D eigenvalue weighted by Gasteiger charge is 2.20. The van der Waals surface area contributed by atoms with Crippen molar-refractivity contribution in [3.05, 3.63) is 112 Å². The number of rotatable bonds is 8. The first-order valence-electron chi connectivity index (χ1n) is 11.6. The van der Waals surface area contributed by atoms with Crippen molar-refractivity contribution in [1.29, 1.82) is 0 Å². The molecule has 0 fully saturated rings. The highest BCUT2D eigenvalue weighted by atomic mass is 16.5. The van der Waals surface area contributed by atoms with E-state index in [9.17, 15) is 15.0 Å². The molecule has 0 saturated heterocycles. The molecule has 0 unspecified atom stereocenters. The smallest absolute Gasteiger partial charge is 0.238 e. The first-order valence-corrected chi connectivity index (χ1v) is 11.6. The summed E-state index contributed by atoms with van der Waals surface area (Å²) in [7, 11) is 1.50. The molecule has 0 amide bonds. The van der Waals surface area contributed by atoms with E-state index >= 15 is 0 Å². The van der Waals surface area contributed by atoms with Gasteiger partial charge in [0, 0.05) is 17.7 Å². The van der Waals surface area contributed by atoms with Crippen LogP contribution in [0.1, 0.15) is 11.1 Å². The van der Waals surface area contributed by atoms with E-state index in [4.69, 9.17) is 18.6 Å². The number of methoxy groups -OCH3 is 1. The second kappa shape index (κ2) is 10.4. The fourth-order valence-corrected chi connectivity index (χ4v) is 3.95. The predicted molar refractivity (Wildman–Crippen MR) is 139 cm³/mol. The van der Waals surface area contributed by atoms with Crippen LogP contribution < -0.4 is 19.6 Å². The van der Waals surface area contributed by atoms with Gasteiger partial charge in [0.25, 0.3) is 0 Å². The summed E-state index contributed by atoms with van der Waals surface area (Å²) in [5, 5.41) is 21.0. The van der Waals surface area contributed by atoms with Gasteiger partial charge in [0.1, 0.15) is 35.7 Å². The number of benzene rings is 4. The normalized spacial score (nSPS) is 10.8. The highest BCUT2D eigenvalue weighted by Crippen LogP contribution is 2.39. The Morgan fingerprint density at radius 1 is 0.757 bits per heavy atom. The van der Waals surface area contributed by atoms with E-state index in [-0.39, 0.29) is 29.1 Å². The maximum Gasteiger partial charge on any atom is 0.238 e. The standard InChI is InChI=1S/C30H24O7/c1-34-25-14-21(12-13-24(25)36-18-20-10-6-3-7-11-20)30-29(33)28(32)27-23(31)15-22(16-26(27)37-30)35-17-19-8-4-2-5-9-19/h2-16,31,33H,17-18H2,1H3. The van der Waals surface area contributed by atoms with Crippen LogP contribution in [0.25, 0.3) is 22.3 Å². The molecule has 4 aromatic carbocycles. The monoisotopic (exact) mass is 496 g/mol. The highest BCUT2D eigenvalue weighted by molar-refractivity contribution is 5.88. The first kappa shape index (κ1) is 23.8. The molecule has 7 nitrogen and oxygen atoms in total. The Morgan fingerprint density at radius 2 is 1.41 bits per heavy atom. The molecule has 1 heterocycles. The van der Waals surface area contributed by atoms with Crippen molar-refractivity contribution in [2.75, 3.05) is 7.11 Å². The summed E-state index contributed by atoms with van der Waals surface area (Å²) in [6.45, 7) is 0.612. The molecule has 7 heteroatoms. The molecule has 5 rings (SSSR count). The average molecular weight is 497 g/mol. The summed E-state index contributed by atoms with van der Waals surface area (Å²) in [6, 6.07) is 27.0. The van der Waals surface area contributed by atoms with Gasteiger partial charge in [-0.25, -0.2) is 0 Å². The number of hydrogen-bond acceptors (Lipinski definition) is 7. The number of hydrogen-bond donors (Lipinski definition) is 2. The number of phenols is 1. The van der Waals surface area contributed by atoms with E-state index in [1.807, 2.05) is 60.7 Å². The van der Waals surface area contributed by atoms with Crippen molar-refractivity contribution < 1.29 is 28.8 Å². The summed E-state index contributed by atoms with van der Waals surface area (Å²) in [6.07, 6.45) is 0. The first-order chi connectivity index (χ1) is 18.0. The van der Waals surface area contributed by atoms with Gasteiger partial charge in [0.2, 0.25) is 11.2 Å². The molecule has 37 heavy (non-hydrogen) atoms. The van der Waals surface area contributed by atoms with Gasteiger partial charge in [-0.15, -0.1) is 0 Å². The second-order valence-electron chi connectivity index (χ2n) is 8.34. The Hall–Kier alpha value is -4.91. The number of fused-ring (bicyclic) bond motifs is 1. The Balaban J connectivity index is 1.48. The lowest BCUT2D eigenvalue weighted by atomic mass is 10.1. The number of phenolic OH excluding ortho intramolecular Hbond substituents is 1. The van der Waals surface area contributed by atoms with Gasteiger partial charge in [-0.05, 0) is 29.3 Å². The Bertz CT molecular complexity index is 1590. The van der Waals surface area contributed by atoms with Crippen molar-refractivity contribution >= 4 is 11.0 Å². The predicted octanol–water partition coefficient (Wildman–Crippen LogP) is 6.04. The Kier molecular flexibility index (Phi) is 6.68. The Morgan fingerprint density at radius 3 is 2.05 bits per heavy atom. The minimum Gasteiger partial charge on any atom is -0.507 e. The summed E-state index contributed by atoms with van der Waals surface area (Å²) >= 11 is 0. The third kappa shape index (κ3) is 5.06. The summed E-state index contributed by atoms with van der Waals surface area (Å²) in [4.78, 5) is 12.9. The maximum absolute atomic E-state index is 12.9. The zero-order valence-corrected chi connectivity index (χ0v) is 20.0. The third-order valence-corrected chi connectivity index (χ3v) is 5.84. The molecular weight excluding hydrogens is 472 g/mol. The molecule has 186 valence electrons. The van der Waals surface area contributed by atoms with Gasteiger partial charge in [-0.3, -0.25) is 4.79 Å². The van der Waals surface area contributed by atoms with E-state index in [1.54, 1.807) is 18.2 Å². The van der Waals surface area contributed by atoms with Crippen molar-refractivity contribution in [1.82, 2.24) is 0 Å². The van der Waals surface area contributed by atoms with Crippen LogP contribution in [0.5, 0.6) is 28.7 Å². The van der Waals surface area contributed by atoms with E-state index in [0.717, 1.165) is 11.1 Å². The van der Waals surface area contributed by atoms with Gasteiger partial charge in [0.15, 0.2) is 17.3 Å². The van der Waals surface area contributed by atoms with Gasteiger partial charge in [-0.1, -0.05) is 60.7 Å². The van der Waals surface area contributed by atoms with Crippen LogP contribution in [0.15, 0.2) is 100 Å². The molecule has 0 atom stereocenters. The number of ether oxygens (including phenoxy) is 3. The second-order valence-corrected chi connectivity index (χ2v) is 8.34. The molecule has 0 radical (unpaired) electrons. The van der Waals surface area contributed by atoms with E-state index in [0.29, 0.717) is 29.4 Å². The quantitative estimate of drug-likeness (QED) is 0.270. The molecule has 0 aliphatic rings. The largest absolute Gasteiger partial charge is 0.507 e. The minimum absolute atomic E-state index is 0.0648. The van der Waals surface area contributed by atoms with Gasteiger partial charge in [-0.2, -0.15) is 0 Å². The maximum atomic E-state index is 12.9. The van der Waals surface area contributed by atoms with Crippen LogP contribution in [0.2, 0.25) is 0 Å². The van der Waals surface area contributed by atoms with E-state index in [2.05, 4.69) is 0 Å². The van der Waals surface area contributed by atoms with Gasteiger partial charge in [0.05, 0.1) is 7.11 Å². The SMILES string of the molecule is COc1cc(-c2oc3cc(OCc4ccccc4)cc(O)c3c(=O)c2O)ccc1OCc1ccccc1. The zero-order chi connectivity index (χ0) is 25.8. The van der Waals surface area contributed by atoms with Crippen LogP contribution in [-0.4, -0.2) is 17.3 Å². The molecule has 1 aromatic heterocycles. The van der Waals surface area contributed by atoms with E-state index < -0.39 is 11.2 Å². The molecule has 5 aromatic rings. The molecule has 0 aliphatic heterocycles. The third-order valence-electron chi connectivity index (χ3n) is 5.84. The summed E-state index contributed by atoms with van der Waals surface area (Å²) in [5.41, 5.74) is 1.65. The van der Waals surface area contributed by atoms with Crippen LogP contribution in [0.4, 0.5) is 0 Å². The van der Waals surface area contributed by atoms with Gasteiger partial charge >= 0.3 is 0 Å².